The quantitative estimate of drug-likeness (QED) is 0.577. The van der Waals surface area contributed by atoms with Crippen LogP contribution in [0.15, 0.2) is 24.3 Å². The summed E-state index contributed by atoms with van der Waals surface area (Å²) in [6, 6.07) is 7.90. The van der Waals surface area contributed by atoms with Crippen LogP contribution in [0.5, 0.6) is 5.75 Å². The molecule has 1 aromatic carbocycles. The van der Waals surface area contributed by atoms with Crippen molar-refractivity contribution in [2.24, 2.45) is 0 Å². The lowest BCUT2D eigenvalue weighted by Crippen LogP contribution is -2.25. The minimum absolute atomic E-state index is 0.0616. The Morgan fingerprint density at radius 2 is 2.06 bits per heavy atom. The molecule has 0 aliphatic rings. The van der Waals surface area contributed by atoms with Gasteiger partial charge in [-0.2, -0.15) is 12.6 Å². The second-order valence-electron chi connectivity index (χ2n) is 3.84. The number of ether oxygens (including phenoxy) is 1. The second kappa shape index (κ2) is 8.01. The van der Waals surface area contributed by atoms with E-state index in [0.29, 0.717) is 25.3 Å². The number of nitrogens with one attached hydrogen (secondary N) is 1. The second-order valence-corrected chi connectivity index (χ2v) is 4.29. The molecule has 0 saturated heterocycles. The number of carbonyl (C=O) groups is 1. The maximum absolute atomic E-state index is 11.3. The molecular formula is C13H19NO2S. The lowest BCUT2D eigenvalue weighted by atomic mass is 10.2. The van der Waals surface area contributed by atoms with Crippen molar-refractivity contribution in [3.8, 4) is 5.75 Å². The van der Waals surface area contributed by atoms with Crippen molar-refractivity contribution in [3.05, 3.63) is 29.8 Å². The standard InChI is InChI=1S/C13H19NO2S/c1-11-4-6-12(7-5-11)16-9-2-3-13(15)14-8-10-17/h4-7,17H,2-3,8-10H2,1H3,(H,14,15). The van der Waals surface area contributed by atoms with Crippen molar-refractivity contribution >= 4 is 18.5 Å². The Balaban J connectivity index is 2.11. The molecule has 0 unspecified atom stereocenters. The Morgan fingerprint density at radius 3 is 2.71 bits per heavy atom. The Morgan fingerprint density at radius 1 is 1.35 bits per heavy atom. The molecule has 3 nitrogen and oxygen atoms in total. The van der Waals surface area contributed by atoms with Gasteiger partial charge in [0.05, 0.1) is 6.61 Å². The SMILES string of the molecule is Cc1ccc(OCCCC(=O)NCCS)cc1. The summed E-state index contributed by atoms with van der Waals surface area (Å²) < 4.78 is 5.52. The van der Waals surface area contributed by atoms with Gasteiger partial charge in [0.15, 0.2) is 0 Å². The number of amides is 1. The van der Waals surface area contributed by atoms with Crippen LogP contribution in [-0.4, -0.2) is 24.8 Å². The molecule has 1 N–H and O–H groups in total. The van der Waals surface area contributed by atoms with Gasteiger partial charge < -0.3 is 10.1 Å². The largest absolute Gasteiger partial charge is 0.494 e. The van der Waals surface area contributed by atoms with Crippen molar-refractivity contribution < 1.29 is 9.53 Å². The van der Waals surface area contributed by atoms with Crippen LogP contribution < -0.4 is 10.1 Å². The lowest BCUT2D eigenvalue weighted by molar-refractivity contribution is -0.121. The van der Waals surface area contributed by atoms with Crippen LogP contribution in [0, 0.1) is 6.92 Å². The molecule has 0 saturated carbocycles. The Labute approximate surface area is 108 Å². The van der Waals surface area contributed by atoms with Gasteiger partial charge >= 0.3 is 0 Å². The molecule has 4 heteroatoms. The van der Waals surface area contributed by atoms with Crippen LogP contribution in [-0.2, 0) is 4.79 Å². The zero-order valence-electron chi connectivity index (χ0n) is 10.1. The molecule has 17 heavy (non-hydrogen) atoms. The van der Waals surface area contributed by atoms with E-state index in [-0.39, 0.29) is 5.91 Å². The highest BCUT2D eigenvalue weighted by molar-refractivity contribution is 7.80. The molecule has 0 spiro atoms. The van der Waals surface area contributed by atoms with E-state index in [4.69, 9.17) is 4.74 Å². The van der Waals surface area contributed by atoms with E-state index >= 15 is 0 Å². The highest BCUT2D eigenvalue weighted by atomic mass is 32.1. The number of carbonyl (C=O) groups excluding carboxylic acids is 1. The van der Waals surface area contributed by atoms with Gasteiger partial charge in [-0.25, -0.2) is 0 Å². The van der Waals surface area contributed by atoms with Crippen molar-refractivity contribution in [3.63, 3.8) is 0 Å². The normalized spacial score (nSPS) is 10.0. The van der Waals surface area contributed by atoms with Gasteiger partial charge in [-0.05, 0) is 25.5 Å². The predicted octanol–water partition coefficient (Wildman–Crippen LogP) is 2.20. The highest BCUT2D eigenvalue weighted by Gasteiger charge is 2.00. The molecule has 1 amide bonds. The number of aryl methyl sites for hydroxylation is 1. The summed E-state index contributed by atoms with van der Waals surface area (Å²) in [5.74, 6) is 1.59. The average Bonchev–Trinajstić information content (AvgIpc) is 2.34. The molecular weight excluding hydrogens is 234 g/mol. The van der Waals surface area contributed by atoms with E-state index in [9.17, 15) is 4.79 Å². The average molecular weight is 253 g/mol. The molecule has 0 aliphatic heterocycles. The molecule has 0 bridgehead atoms. The number of rotatable bonds is 7. The molecule has 0 heterocycles. The monoisotopic (exact) mass is 253 g/mol. The first kappa shape index (κ1) is 13.9. The van der Waals surface area contributed by atoms with Gasteiger partial charge in [-0.3, -0.25) is 4.79 Å². The van der Waals surface area contributed by atoms with Gasteiger partial charge in [0, 0.05) is 18.7 Å². The highest BCUT2D eigenvalue weighted by Crippen LogP contribution is 2.11. The molecule has 0 atom stereocenters. The van der Waals surface area contributed by atoms with Gasteiger partial charge in [0.1, 0.15) is 5.75 Å². The summed E-state index contributed by atoms with van der Waals surface area (Å²) in [6.07, 6.45) is 1.23. The fourth-order valence-electron chi connectivity index (χ4n) is 1.34. The van der Waals surface area contributed by atoms with Crippen molar-refractivity contribution in [2.75, 3.05) is 18.9 Å². The molecule has 1 aromatic rings. The zero-order chi connectivity index (χ0) is 12.5. The van der Waals surface area contributed by atoms with Crippen LogP contribution in [0.2, 0.25) is 0 Å². The number of benzene rings is 1. The third-order valence-corrected chi connectivity index (χ3v) is 2.50. The summed E-state index contributed by atoms with van der Waals surface area (Å²) in [5.41, 5.74) is 1.21. The van der Waals surface area contributed by atoms with E-state index in [1.54, 1.807) is 0 Å². The van der Waals surface area contributed by atoms with Crippen molar-refractivity contribution in [1.29, 1.82) is 0 Å². The first-order valence-electron chi connectivity index (χ1n) is 5.79. The Hall–Kier alpha value is -1.16. The molecule has 0 aromatic heterocycles. The van der Waals surface area contributed by atoms with Gasteiger partial charge in [-0.1, -0.05) is 17.7 Å². The minimum atomic E-state index is 0.0616. The Bertz CT molecular complexity index is 338. The first-order valence-corrected chi connectivity index (χ1v) is 6.42. The topological polar surface area (TPSA) is 38.3 Å². The lowest BCUT2D eigenvalue weighted by Gasteiger charge is -2.06. The summed E-state index contributed by atoms with van der Waals surface area (Å²) >= 11 is 4.02. The van der Waals surface area contributed by atoms with E-state index in [2.05, 4.69) is 17.9 Å². The van der Waals surface area contributed by atoms with E-state index in [1.807, 2.05) is 31.2 Å². The molecule has 0 radical (unpaired) electrons. The van der Waals surface area contributed by atoms with Crippen LogP contribution in [0.25, 0.3) is 0 Å². The van der Waals surface area contributed by atoms with Crippen molar-refractivity contribution in [2.45, 2.75) is 19.8 Å². The summed E-state index contributed by atoms with van der Waals surface area (Å²) in [5, 5.41) is 2.77. The van der Waals surface area contributed by atoms with Gasteiger partial charge in [-0.15, -0.1) is 0 Å². The minimum Gasteiger partial charge on any atom is -0.494 e. The number of thiol groups is 1. The van der Waals surface area contributed by atoms with Gasteiger partial charge in [0.25, 0.3) is 0 Å². The molecule has 0 fully saturated rings. The van der Waals surface area contributed by atoms with E-state index < -0.39 is 0 Å². The third kappa shape index (κ3) is 6.22. The first-order chi connectivity index (χ1) is 8.22. The number of hydrogen-bond donors (Lipinski definition) is 2. The van der Waals surface area contributed by atoms with E-state index in [1.165, 1.54) is 5.56 Å². The smallest absolute Gasteiger partial charge is 0.220 e. The third-order valence-electron chi connectivity index (χ3n) is 2.27. The summed E-state index contributed by atoms with van der Waals surface area (Å²) in [6.45, 7) is 3.23. The predicted molar refractivity (Wildman–Crippen MR) is 72.8 cm³/mol. The van der Waals surface area contributed by atoms with Crippen molar-refractivity contribution in [1.82, 2.24) is 5.32 Å². The number of hydrogen-bond acceptors (Lipinski definition) is 3. The molecule has 1 rings (SSSR count). The molecule has 94 valence electrons. The fourth-order valence-corrected chi connectivity index (χ4v) is 1.45. The fraction of sp³-hybridized carbons (Fsp3) is 0.462. The van der Waals surface area contributed by atoms with Crippen LogP contribution in [0.4, 0.5) is 0 Å². The maximum atomic E-state index is 11.3. The van der Waals surface area contributed by atoms with Crippen LogP contribution in [0.3, 0.4) is 0 Å². The Kier molecular flexibility index (Phi) is 6.55. The molecule has 0 aliphatic carbocycles. The van der Waals surface area contributed by atoms with Crippen LogP contribution in [0.1, 0.15) is 18.4 Å². The van der Waals surface area contributed by atoms with Crippen LogP contribution >= 0.6 is 12.6 Å². The summed E-state index contributed by atoms with van der Waals surface area (Å²) in [7, 11) is 0. The zero-order valence-corrected chi connectivity index (χ0v) is 11.0. The maximum Gasteiger partial charge on any atom is 0.220 e. The van der Waals surface area contributed by atoms with Gasteiger partial charge in [0.2, 0.25) is 5.91 Å². The summed E-state index contributed by atoms with van der Waals surface area (Å²) in [4.78, 5) is 11.3. The van der Waals surface area contributed by atoms with E-state index in [0.717, 1.165) is 12.2 Å².